The van der Waals surface area contributed by atoms with Gasteiger partial charge in [-0.2, -0.15) is 4.31 Å². The molecule has 2 aromatic carbocycles. The third-order valence-electron chi connectivity index (χ3n) is 4.91. The van der Waals surface area contributed by atoms with Crippen LogP contribution in [-0.4, -0.2) is 45.5 Å². The van der Waals surface area contributed by atoms with E-state index in [2.05, 4.69) is 5.32 Å². The predicted octanol–water partition coefficient (Wildman–Crippen LogP) is 3.83. The Morgan fingerprint density at radius 2 is 1.86 bits per heavy atom. The van der Waals surface area contributed by atoms with Gasteiger partial charge in [0.2, 0.25) is 10.0 Å². The highest BCUT2D eigenvalue weighted by Crippen LogP contribution is 2.32. The highest BCUT2D eigenvalue weighted by molar-refractivity contribution is 7.88. The summed E-state index contributed by atoms with van der Waals surface area (Å²) in [6, 6.07) is 12.4. The number of hydrogen-bond donors (Lipinski definition) is 1. The van der Waals surface area contributed by atoms with Gasteiger partial charge < -0.3 is 10.2 Å². The van der Waals surface area contributed by atoms with Gasteiger partial charge in [0, 0.05) is 38.6 Å². The van der Waals surface area contributed by atoms with E-state index in [1.165, 1.54) is 10.6 Å². The van der Waals surface area contributed by atoms with Gasteiger partial charge >= 0.3 is 0 Å². The van der Waals surface area contributed by atoms with E-state index in [4.69, 9.17) is 11.6 Å². The molecule has 1 aliphatic carbocycles. The fraction of sp³-hybridized carbons (Fsp3) is 0.381. The van der Waals surface area contributed by atoms with Gasteiger partial charge in [0.1, 0.15) is 0 Å². The number of benzene rings is 2. The first-order chi connectivity index (χ1) is 13.6. The van der Waals surface area contributed by atoms with Crippen molar-refractivity contribution in [1.82, 2.24) is 4.31 Å². The maximum absolute atomic E-state index is 12.6. The van der Waals surface area contributed by atoms with E-state index in [1.807, 2.05) is 31.1 Å². The van der Waals surface area contributed by atoms with Crippen LogP contribution in [-0.2, 0) is 16.6 Å². The summed E-state index contributed by atoms with van der Waals surface area (Å²) in [6.45, 7) is 0.792. The summed E-state index contributed by atoms with van der Waals surface area (Å²) in [5.74, 6) is 0.132. The third kappa shape index (κ3) is 5.72. The molecule has 156 valence electrons. The van der Waals surface area contributed by atoms with Crippen LogP contribution in [0.3, 0.4) is 0 Å². The molecule has 8 heteroatoms. The van der Waals surface area contributed by atoms with Crippen molar-refractivity contribution in [2.45, 2.75) is 19.4 Å². The second-order valence-corrected chi connectivity index (χ2v) is 10.1. The van der Waals surface area contributed by atoms with Crippen LogP contribution in [0, 0.1) is 5.92 Å². The molecule has 0 aliphatic heterocycles. The summed E-state index contributed by atoms with van der Waals surface area (Å²) in [7, 11) is 0.483. The molecule has 1 amide bonds. The lowest BCUT2D eigenvalue weighted by atomic mass is 10.1. The smallest absolute Gasteiger partial charge is 0.257 e. The summed E-state index contributed by atoms with van der Waals surface area (Å²) in [5, 5.41) is 3.24. The Morgan fingerprint density at radius 1 is 1.17 bits per heavy atom. The molecule has 0 unspecified atom stereocenters. The number of anilines is 2. The molecular formula is C21H26ClN3O3S. The number of carbonyl (C=O) groups is 1. The number of nitrogens with one attached hydrogen (secondary N) is 1. The first-order valence-electron chi connectivity index (χ1n) is 9.46. The molecule has 0 atom stereocenters. The quantitative estimate of drug-likeness (QED) is 0.684. The van der Waals surface area contributed by atoms with Crippen molar-refractivity contribution in [3.05, 3.63) is 58.6 Å². The van der Waals surface area contributed by atoms with E-state index in [9.17, 15) is 13.2 Å². The van der Waals surface area contributed by atoms with Crippen molar-refractivity contribution in [2.75, 3.05) is 37.1 Å². The minimum atomic E-state index is -3.34. The SMILES string of the molecule is CN(C)c1ccc(NC(=O)c2ccccc2Cl)cc1CN(CC1CC1)S(C)(=O)=O. The lowest BCUT2D eigenvalue weighted by molar-refractivity contribution is 0.102. The topological polar surface area (TPSA) is 69.7 Å². The van der Waals surface area contributed by atoms with Crippen molar-refractivity contribution in [3.63, 3.8) is 0 Å². The van der Waals surface area contributed by atoms with E-state index in [1.54, 1.807) is 30.3 Å². The third-order valence-corrected chi connectivity index (χ3v) is 6.46. The first kappa shape index (κ1) is 21.6. The molecule has 0 spiro atoms. The highest BCUT2D eigenvalue weighted by atomic mass is 35.5. The molecule has 29 heavy (non-hydrogen) atoms. The van der Waals surface area contributed by atoms with Crippen LogP contribution in [0.15, 0.2) is 42.5 Å². The van der Waals surface area contributed by atoms with Gasteiger partial charge in [0.25, 0.3) is 5.91 Å². The summed E-state index contributed by atoms with van der Waals surface area (Å²) in [6.07, 6.45) is 3.38. The lowest BCUT2D eigenvalue weighted by Gasteiger charge is -2.24. The van der Waals surface area contributed by atoms with Crippen LogP contribution in [0.1, 0.15) is 28.8 Å². The predicted molar refractivity (Wildman–Crippen MR) is 118 cm³/mol. The normalized spacial score (nSPS) is 14.1. The van der Waals surface area contributed by atoms with E-state index < -0.39 is 10.0 Å². The Kier molecular flexibility index (Phi) is 6.51. The van der Waals surface area contributed by atoms with Crippen LogP contribution < -0.4 is 10.2 Å². The summed E-state index contributed by atoms with van der Waals surface area (Å²) >= 11 is 6.12. The number of rotatable bonds is 8. The maximum atomic E-state index is 12.6. The number of carbonyl (C=O) groups excluding carboxylic acids is 1. The summed E-state index contributed by atoms with van der Waals surface area (Å²) in [5.41, 5.74) is 2.72. The molecule has 1 saturated carbocycles. The van der Waals surface area contributed by atoms with Crippen molar-refractivity contribution in [3.8, 4) is 0 Å². The van der Waals surface area contributed by atoms with Crippen LogP contribution in [0.2, 0.25) is 5.02 Å². The van der Waals surface area contributed by atoms with Crippen LogP contribution in [0.4, 0.5) is 11.4 Å². The zero-order valence-electron chi connectivity index (χ0n) is 16.9. The minimum absolute atomic E-state index is 0.263. The molecule has 0 bridgehead atoms. The average Bonchev–Trinajstić information content (AvgIpc) is 3.45. The van der Waals surface area contributed by atoms with Crippen LogP contribution in [0.25, 0.3) is 0 Å². The van der Waals surface area contributed by atoms with Crippen LogP contribution >= 0.6 is 11.6 Å². The number of amides is 1. The number of sulfonamides is 1. The Morgan fingerprint density at radius 3 is 2.45 bits per heavy atom. The highest BCUT2D eigenvalue weighted by Gasteiger charge is 2.29. The number of halogens is 1. The second-order valence-electron chi connectivity index (χ2n) is 7.67. The van der Waals surface area contributed by atoms with Gasteiger partial charge in [0.15, 0.2) is 0 Å². The van der Waals surface area contributed by atoms with Gasteiger partial charge in [-0.05, 0) is 54.7 Å². The van der Waals surface area contributed by atoms with E-state index in [0.29, 0.717) is 28.7 Å². The first-order valence-corrected chi connectivity index (χ1v) is 11.7. The molecule has 0 radical (unpaired) electrons. The monoisotopic (exact) mass is 435 g/mol. The van der Waals surface area contributed by atoms with Crippen molar-refractivity contribution < 1.29 is 13.2 Å². The van der Waals surface area contributed by atoms with Gasteiger partial charge in [-0.25, -0.2) is 8.42 Å². The Balaban J connectivity index is 1.87. The molecule has 0 aromatic heterocycles. The number of hydrogen-bond acceptors (Lipinski definition) is 4. The molecule has 0 heterocycles. The molecule has 3 rings (SSSR count). The standard InChI is InChI=1S/C21H26ClN3O3S/c1-24(2)20-11-10-17(23-21(26)18-6-4-5-7-19(18)22)12-16(20)14-25(29(3,27)28)13-15-8-9-15/h4-7,10-12,15H,8-9,13-14H2,1-3H3,(H,23,26). The zero-order chi connectivity index (χ0) is 21.2. The van der Waals surface area contributed by atoms with Gasteiger partial charge in [-0.1, -0.05) is 23.7 Å². The summed E-state index contributed by atoms with van der Waals surface area (Å²) < 4.78 is 26.1. The Bertz CT molecular complexity index is 1000. The fourth-order valence-electron chi connectivity index (χ4n) is 3.17. The molecular weight excluding hydrogens is 410 g/mol. The minimum Gasteiger partial charge on any atom is -0.377 e. The Labute approximate surface area is 177 Å². The molecule has 6 nitrogen and oxygen atoms in total. The van der Waals surface area contributed by atoms with Crippen LogP contribution in [0.5, 0.6) is 0 Å². The fourth-order valence-corrected chi connectivity index (χ4v) is 4.24. The van der Waals surface area contributed by atoms with Crippen molar-refractivity contribution in [1.29, 1.82) is 0 Å². The molecule has 0 saturated heterocycles. The van der Waals surface area contributed by atoms with Gasteiger partial charge in [0.05, 0.1) is 16.8 Å². The zero-order valence-corrected chi connectivity index (χ0v) is 18.4. The van der Waals surface area contributed by atoms with Crippen molar-refractivity contribution in [2.24, 2.45) is 5.92 Å². The van der Waals surface area contributed by atoms with E-state index >= 15 is 0 Å². The molecule has 1 fully saturated rings. The van der Waals surface area contributed by atoms with E-state index in [-0.39, 0.29) is 12.5 Å². The Hall–Kier alpha value is -2.09. The molecule has 1 N–H and O–H groups in total. The molecule has 2 aromatic rings. The molecule has 1 aliphatic rings. The van der Waals surface area contributed by atoms with Crippen molar-refractivity contribution >= 4 is 38.9 Å². The van der Waals surface area contributed by atoms with E-state index in [0.717, 1.165) is 24.1 Å². The van der Waals surface area contributed by atoms with Gasteiger partial charge in [-0.3, -0.25) is 4.79 Å². The van der Waals surface area contributed by atoms with Gasteiger partial charge in [-0.15, -0.1) is 0 Å². The largest absolute Gasteiger partial charge is 0.377 e. The second kappa shape index (κ2) is 8.73. The number of nitrogens with zero attached hydrogens (tertiary/aromatic N) is 2. The maximum Gasteiger partial charge on any atom is 0.257 e. The average molecular weight is 436 g/mol. The lowest BCUT2D eigenvalue weighted by Crippen LogP contribution is -2.32. The summed E-state index contributed by atoms with van der Waals surface area (Å²) in [4.78, 5) is 14.5.